The molecule has 0 aromatic heterocycles. The van der Waals surface area contributed by atoms with Crippen LogP contribution in [0.2, 0.25) is 0 Å². The third kappa shape index (κ3) is 3.74. The summed E-state index contributed by atoms with van der Waals surface area (Å²) in [6.07, 6.45) is 17.9. The Morgan fingerprint density at radius 3 is 2.26 bits per heavy atom. The highest BCUT2D eigenvalue weighted by Crippen LogP contribution is 2.68. The third-order valence-electron chi connectivity index (χ3n) is 12.3. The van der Waals surface area contributed by atoms with Gasteiger partial charge >= 0.3 is 0 Å². The molecule has 5 aliphatic rings. The van der Waals surface area contributed by atoms with Gasteiger partial charge in [0.1, 0.15) is 0 Å². The standard InChI is InChI=1S/C29H50O2/c1-19(8-13-26(30)20-6-5-7-20)23-11-12-24-22-10-9-21-18-27(2,31)16-17-28(21,3)25(22)14-15-29(23,24)4/h19-26,30-31H,5-18H2,1-4H3/t19-,21+,22+,23-,24+,25+,26-,27+,28+,29-/m1/s1. The molecule has 2 nitrogen and oxygen atoms in total. The molecule has 2 N–H and O–H groups in total. The van der Waals surface area contributed by atoms with E-state index < -0.39 is 5.60 Å². The van der Waals surface area contributed by atoms with Gasteiger partial charge in [-0.1, -0.05) is 27.2 Å². The molecule has 0 aliphatic heterocycles. The highest BCUT2D eigenvalue weighted by atomic mass is 16.3. The average Bonchev–Trinajstić information content (AvgIpc) is 3.02. The third-order valence-corrected chi connectivity index (χ3v) is 12.3. The van der Waals surface area contributed by atoms with Crippen molar-refractivity contribution in [2.24, 2.45) is 52.3 Å². The molecular weight excluding hydrogens is 380 g/mol. The maximum absolute atomic E-state index is 10.7. The van der Waals surface area contributed by atoms with E-state index in [2.05, 4.69) is 27.7 Å². The molecule has 10 atom stereocenters. The summed E-state index contributed by atoms with van der Waals surface area (Å²) in [6.45, 7) is 9.88. The molecule has 31 heavy (non-hydrogen) atoms. The zero-order chi connectivity index (χ0) is 22.0. The summed E-state index contributed by atoms with van der Waals surface area (Å²) < 4.78 is 0. The summed E-state index contributed by atoms with van der Waals surface area (Å²) in [6, 6.07) is 0. The minimum atomic E-state index is -0.419. The molecule has 0 bridgehead atoms. The Morgan fingerprint density at radius 2 is 1.55 bits per heavy atom. The van der Waals surface area contributed by atoms with Crippen LogP contribution in [0.3, 0.4) is 0 Å². The largest absolute Gasteiger partial charge is 0.393 e. The van der Waals surface area contributed by atoms with E-state index in [1.807, 2.05) is 0 Å². The van der Waals surface area contributed by atoms with Crippen molar-refractivity contribution in [1.82, 2.24) is 0 Å². The van der Waals surface area contributed by atoms with Crippen LogP contribution in [0.1, 0.15) is 118 Å². The van der Waals surface area contributed by atoms with Crippen LogP contribution < -0.4 is 0 Å². The molecule has 5 fully saturated rings. The molecule has 2 heteroatoms. The Kier molecular flexibility index (Phi) is 5.86. The number of aliphatic hydroxyl groups excluding tert-OH is 1. The van der Waals surface area contributed by atoms with Crippen LogP contribution in [0.5, 0.6) is 0 Å². The van der Waals surface area contributed by atoms with Crippen molar-refractivity contribution >= 4 is 0 Å². The van der Waals surface area contributed by atoms with Crippen molar-refractivity contribution < 1.29 is 10.2 Å². The minimum Gasteiger partial charge on any atom is -0.393 e. The van der Waals surface area contributed by atoms with Gasteiger partial charge in [0.25, 0.3) is 0 Å². The summed E-state index contributed by atoms with van der Waals surface area (Å²) >= 11 is 0. The van der Waals surface area contributed by atoms with Gasteiger partial charge in [-0.3, -0.25) is 0 Å². The van der Waals surface area contributed by atoms with Gasteiger partial charge in [-0.2, -0.15) is 0 Å². The number of hydrogen-bond acceptors (Lipinski definition) is 2. The highest BCUT2D eigenvalue weighted by molar-refractivity contribution is 5.10. The summed E-state index contributed by atoms with van der Waals surface area (Å²) in [4.78, 5) is 0. The first kappa shape index (κ1) is 22.7. The summed E-state index contributed by atoms with van der Waals surface area (Å²) in [5, 5.41) is 21.3. The Bertz CT molecular complexity index is 653. The Hall–Kier alpha value is -0.0800. The van der Waals surface area contributed by atoms with Gasteiger partial charge in [0.15, 0.2) is 0 Å². The van der Waals surface area contributed by atoms with Crippen molar-refractivity contribution in [2.75, 3.05) is 0 Å². The number of hydrogen-bond donors (Lipinski definition) is 2. The molecular formula is C29H50O2. The van der Waals surface area contributed by atoms with Gasteiger partial charge in [0.05, 0.1) is 11.7 Å². The molecule has 0 heterocycles. The van der Waals surface area contributed by atoms with Crippen LogP contribution >= 0.6 is 0 Å². The van der Waals surface area contributed by atoms with Gasteiger partial charge in [-0.15, -0.1) is 0 Å². The van der Waals surface area contributed by atoms with Gasteiger partial charge in [-0.25, -0.2) is 0 Å². The van der Waals surface area contributed by atoms with Crippen LogP contribution in [-0.2, 0) is 0 Å². The summed E-state index contributed by atoms with van der Waals surface area (Å²) in [5.41, 5.74) is 0.590. The van der Waals surface area contributed by atoms with E-state index in [0.717, 1.165) is 54.8 Å². The summed E-state index contributed by atoms with van der Waals surface area (Å²) in [5.74, 6) is 5.74. The predicted octanol–water partition coefficient (Wildman–Crippen LogP) is 6.97. The van der Waals surface area contributed by atoms with Crippen LogP contribution in [0, 0.1) is 52.3 Å². The molecule has 0 amide bonds. The number of rotatable bonds is 5. The first-order valence-corrected chi connectivity index (χ1v) is 14.0. The zero-order valence-corrected chi connectivity index (χ0v) is 20.9. The van der Waals surface area contributed by atoms with Crippen LogP contribution in [0.15, 0.2) is 0 Å². The van der Waals surface area contributed by atoms with Crippen LogP contribution in [-0.4, -0.2) is 21.9 Å². The average molecular weight is 431 g/mol. The lowest BCUT2D eigenvalue weighted by atomic mass is 9.43. The second-order valence-electron chi connectivity index (χ2n) is 13.9. The normalized spacial score (nSPS) is 51.9. The van der Waals surface area contributed by atoms with Gasteiger partial charge in [-0.05, 0) is 143 Å². The zero-order valence-electron chi connectivity index (χ0n) is 20.9. The van der Waals surface area contributed by atoms with Crippen molar-refractivity contribution in [1.29, 1.82) is 0 Å². The molecule has 0 unspecified atom stereocenters. The Labute approximate surface area is 192 Å². The van der Waals surface area contributed by atoms with E-state index in [0.29, 0.717) is 16.7 Å². The van der Waals surface area contributed by atoms with E-state index >= 15 is 0 Å². The predicted molar refractivity (Wildman–Crippen MR) is 128 cm³/mol. The van der Waals surface area contributed by atoms with Crippen LogP contribution in [0.25, 0.3) is 0 Å². The van der Waals surface area contributed by atoms with Gasteiger partial charge in [0, 0.05) is 0 Å². The molecule has 0 aromatic rings. The fourth-order valence-electron chi connectivity index (χ4n) is 10.1. The molecule has 5 rings (SSSR count). The number of aliphatic hydroxyl groups is 2. The lowest BCUT2D eigenvalue weighted by molar-refractivity contribution is -0.148. The topological polar surface area (TPSA) is 40.5 Å². The molecule has 5 aliphatic carbocycles. The van der Waals surface area contributed by atoms with E-state index in [1.165, 1.54) is 70.6 Å². The minimum absolute atomic E-state index is 0.0318. The molecule has 5 saturated carbocycles. The van der Waals surface area contributed by atoms with E-state index in [9.17, 15) is 10.2 Å². The molecule has 0 aromatic carbocycles. The maximum Gasteiger partial charge on any atom is 0.0622 e. The van der Waals surface area contributed by atoms with Gasteiger partial charge < -0.3 is 10.2 Å². The lowest BCUT2D eigenvalue weighted by Gasteiger charge is -2.62. The molecule has 0 spiro atoms. The molecule has 0 saturated heterocycles. The van der Waals surface area contributed by atoms with Crippen molar-refractivity contribution in [3.05, 3.63) is 0 Å². The van der Waals surface area contributed by atoms with Crippen molar-refractivity contribution in [3.63, 3.8) is 0 Å². The Balaban J connectivity index is 1.26. The summed E-state index contributed by atoms with van der Waals surface area (Å²) in [7, 11) is 0. The van der Waals surface area contributed by atoms with Crippen molar-refractivity contribution in [3.8, 4) is 0 Å². The van der Waals surface area contributed by atoms with Gasteiger partial charge in [0.2, 0.25) is 0 Å². The second kappa shape index (κ2) is 8.00. The van der Waals surface area contributed by atoms with E-state index in [1.54, 1.807) is 0 Å². The number of fused-ring (bicyclic) bond motifs is 5. The second-order valence-corrected chi connectivity index (χ2v) is 13.9. The quantitative estimate of drug-likeness (QED) is 0.494. The highest BCUT2D eigenvalue weighted by Gasteiger charge is 2.61. The van der Waals surface area contributed by atoms with E-state index in [4.69, 9.17) is 0 Å². The lowest BCUT2D eigenvalue weighted by Crippen LogP contribution is -2.55. The maximum atomic E-state index is 10.7. The SMILES string of the molecule is C[C@H](CC[C@@H](O)C1CCC1)[C@H]1CC[C@H]2[C@@H]3CC[C@H]4C[C@@](C)(O)CC[C@]4(C)[C@H]3CC[C@]12C. The van der Waals surface area contributed by atoms with E-state index in [-0.39, 0.29) is 6.10 Å². The van der Waals surface area contributed by atoms with Crippen molar-refractivity contribution in [2.45, 2.75) is 129 Å². The Morgan fingerprint density at radius 1 is 0.806 bits per heavy atom. The fourth-order valence-corrected chi connectivity index (χ4v) is 10.1. The first-order chi connectivity index (χ1) is 14.6. The smallest absolute Gasteiger partial charge is 0.0622 e. The monoisotopic (exact) mass is 430 g/mol. The first-order valence-electron chi connectivity index (χ1n) is 14.0. The molecule has 178 valence electrons. The molecule has 0 radical (unpaired) electrons. The fraction of sp³-hybridized carbons (Fsp3) is 1.00. The van der Waals surface area contributed by atoms with Crippen LogP contribution in [0.4, 0.5) is 0 Å².